The lowest BCUT2D eigenvalue weighted by Crippen LogP contribution is -2.38. The smallest absolute Gasteiger partial charge is 0.248 e. The Bertz CT molecular complexity index is 277. The molecular weight excluding hydrogens is 188 g/mol. The van der Waals surface area contributed by atoms with Gasteiger partial charge in [0, 0.05) is 13.6 Å². The number of nitrogens with zero attached hydrogens (tertiary/aromatic N) is 2. The third-order valence-corrected chi connectivity index (χ3v) is 2.10. The molecule has 14 heavy (non-hydrogen) atoms. The van der Waals surface area contributed by atoms with Crippen molar-refractivity contribution < 1.29 is 19.5 Å². The Labute approximate surface area is 81.1 Å². The Morgan fingerprint density at radius 3 is 2.43 bits per heavy atom. The van der Waals surface area contributed by atoms with Crippen LogP contribution in [0.1, 0.15) is 6.42 Å². The average Bonchev–Trinajstić information content (AvgIpc) is 2.21. The first kappa shape index (κ1) is 10.6. The molecule has 1 aliphatic heterocycles. The molecule has 6 heteroatoms. The van der Waals surface area contributed by atoms with Gasteiger partial charge in [0.1, 0.15) is 13.0 Å². The molecule has 1 N–H and O–H groups in total. The molecule has 78 valence electrons. The number of rotatable bonds is 2. The van der Waals surface area contributed by atoms with E-state index in [4.69, 9.17) is 5.11 Å². The number of amides is 3. The zero-order valence-corrected chi connectivity index (χ0v) is 7.89. The zero-order chi connectivity index (χ0) is 10.7. The van der Waals surface area contributed by atoms with Crippen LogP contribution < -0.4 is 0 Å². The number of carbonyl (C=O) groups excluding carboxylic acids is 3. The first-order valence-corrected chi connectivity index (χ1v) is 4.24. The fourth-order valence-electron chi connectivity index (χ4n) is 1.18. The van der Waals surface area contributed by atoms with Crippen LogP contribution in [0.2, 0.25) is 0 Å². The molecule has 1 saturated heterocycles. The Hall–Kier alpha value is -1.43. The molecule has 1 heterocycles. The minimum absolute atomic E-state index is 0.0890. The summed E-state index contributed by atoms with van der Waals surface area (Å²) < 4.78 is 0. The van der Waals surface area contributed by atoms with Crippen molar-refractivity contribution in [1.82, 2.24) is 9.80 Å². The molecule has 0 atom stereocenters. The molecule has 0 spiro atoms. The summed E-state index contributed by atoms with van der Waals surface area (Å²) in [6.07, 6.45) is -0.303. The van der Waals surface area contributed by atoms with Gasteiger partial charge in [-0.1, -0.05) is 0 Å². The molecule has 0 aliphatic carbocycles. The molecule has 0 bridgehead atoms. The van der Waals surface area contributed by atoms with E-state index in [0.29, 0.717) is 0 Å². The van der Waals surface area contributed by atoms with Crippen molar-refractivity contribution >= 4 is 17.7 Å². The topological polar surface area (TPSA) is 77.9 Å². The highest BCUT2D eigenvalue weighted by molar-refractivity contribution is 6.07. The summed E-state index contributed by atoms with van der Waals surface area (Å²) in [6, 6.07) is 0. The largest absolute Gasteiger partial charge is 0.395 e. The lowest BCUT2D eigenvalue weighted by atomic mass is 10.3. The summed E-state index contributed by atoms with van der Waals surface area (Å²) in [4.78, 5) is 35.9. The van der Waals surface area contributed by atoms with Crippen LogP contribution in [0.5, 0.6) is 0 Å². The second-order valence-electron chi connectivity index (χ2n) is 3.06. The molecule has 0 aromatic rings. The molecule has 1 fully saturated rings. The van der Waals surface area contributed by atoms with E-state index in [0.717, 1.165) is 4.90 Å². The van der Waals surface area contributed by atoms with Gasteiger partial charge >= 0.3 is 0 Å². The monoisotopic (exact) mass is 200 g/mol. The van der Waals surface area contributed by atoms with Crippen molar-refractivity contribution in [2.75, 3.05) is 26.7 Å². The molecule has 0 saturated carbocycles. The van der Waals surface area contributed by atoms with Crippen molar-refractivity contribution in [3.8, 4) is 0 Å². The van der Waals surface area contributed by atoms with Crippen LogP contribution >= 0.6 is 0 Å². The summed E-state index contributed by atoms with van der Waals surface area (Å²) in [5.41, 5.74) is 0. The van der Waals surface area contributed by atoms with E-state index in [1.807, 2.05) is 0 Å². The Kier molecular flexibility index (Phi) is 3.19. The van der Waals surface area contributed by atoms with E-state index in [1.54, 1.807) is 0 Å². The van der Waals surface area contributed by atoms with E-state index in [-0.39, 0.29) is 26.1 Å². The molecule has 1 rings (SSSR count). The van der Waals surface area contributed by atoms with Crippen molar-refractivity contribution in [2.45, 2.75) is 6.42 Å². The fourth-order valence-corrected chi connectivity index (χ4v) is 1.18. The summed E-state index contributed by atoms with van der Waals surface area (Å²) in [5, 5.41) is 8.64. The second-order valence-corrected chi connectivity index (χ2v) is 3.06. The van der Waals surface area contributed by atoms with Crippen LogP contribution in [0.15, 0.2) is 0 Å². The van der Waals surface area contributed by atoms with Crippen molar-refractivity contribution in [3.05, 3.63) is 0 Å². The summed E-state index contributed by atoms with van der Waals surface area (Å²) >= 11 is 0. The van der Waals surface area contributed by atoms with E-state index in [1.165, 1.54) is 11.9 Å². The minimum atomic E-state index is -0.500. The third-order valence-electron chi connectivity index (χ3n) is 2.10. The minimum Gasteiger partial charge on any atom is -0.395 e. The summed E-state index contributed by atoms with van der Waals surface area (Å²) in [7, 11) is 1.35. The van der Waals surface area contributed by atoms with Gasteiger partial charge in [-0.25, -0.2) is 0 Å². The lowest BCUT2D eigenvalue weighted by Gasteiger charge is -2.17. The normalized spacial score (nSPS) is 18.9. The van der Waals surface area contributed by atoms with Crippen LogP contribution in [0.4, 0.5) is 0 Å². The predicted octanol–water partition coefficient (Wildman–Crippen LogP) is -1.80. The fraction of sp³-hybridized carbons (Fsp3) is 0.625. The van der Waals surface area contributed by atoms with E-state index < -0.39 is 17.7 Å². The number of likely N-dealkylation sites (N-methyl/N-ethyl adjacent to an activating group) is 1. The highest BCUT2D eigenvalue weighted by atomic mass is 16.3. The quantitative estimate of drug-likeness (QED) is 0.421. The lowest BCUT2D eigenvalue weighted by molar-refractivity contribution is -0.141. The Morgan fingerprint density at radius 2 is 1.86 bits per heavy atom. The highest BCUT2D eigenvalue weighted by Gasteiger charge is 2.29. The molecule has 6 nitrogen and oxygen atoms in total. The average molecular weight is 200 g/mol. The van der Waals surface area contributed by atoms with Gasteiger partial charge in [-0.3, -0.25) is 19.3 Å². The van der Waals surface area contributed by atoms with Crippen molar-refractivity contribution in [1.29, 1.82) is 0 Å². The second kappa shape index (κ2) is 4.19. The Balaban J connectivity index is 2.78. The van der Waals surface area contributed by atoms with Crippen molar-refractivity contribution in [3.63, 3.8) is 0 Å². The number of β-amino-alcohol motifs (C(OH)–C–C–N with tert-alkyl or cyclic N) is 1. The number of carbonyl (C=O) groups is 3. The van der Waals surface area contributed by atoms with Gasteiger partial charge in [-0.15, -0.1) is 0 Å². The molecule has 0 radical (unpaired) electrons. The molecule has 3 amide bonds. The maximum absolute atomic E-state index is 11.3. The van der Waals surface area contributed by atoms with Crippen molar-refractivity contribution in [2.24, 2.45) is 0 Å². The van der Waals surface area contributed by atoms with Gasteiger partial charge in [-0.2, -0.15) is 0 Å². The molecular formula is C8H12N2O4. The number of hydrogen-bond donors (Lipinski definition) is 1. The van der Waals surface area contributed by atoms with Crippen LogP contribution in [0.3, 0.4) is 0 Å². The molecule has 0 unspecified atom stereocenters. The SMILES string of the molecule is CN1C(=O)CC(=O)N(CCO)CC1=O. The van der Waals surface area contributed by atoms with Crippen LogP contribution in [0.25, 0.3) is 0 Å². The third kappa shape index (κ3) is 2.08. The molecule has 0 aromatic heterocycles. The van der Waals surface area contributed by atoms with E-state index in [2.05, 4.69) is 0 Å². The zero-order valence-electron chi connectivity index (χ0n) is 7.89. The molecule has 0 aromatic carbocycles. The maximum atomic E-state index is 11.3. The number of aliphatic hydroxyl groups is 1. The van der Waals surface area contributed by atoms with Gasteiger partial charge in [0.05, 0.1) is 6.61 Å². The van der Waals surface area contributed by atoms with Gasteiger partial charge in [-0.05, 0) is 0 Å². The van der Waals surface area contributed by atoms with Gasteiger partial charge < -0.3 is 10.0 Å². The number of aliphatic hydroxyl groups excluding tert-OH is 1. The van der Waals surface area contributed by atoms with E-state index >= 15 is 0 Å². The van der Waals surface area contributed by atoms with Gasteiger partial charge in [0.25, 0.3) is 0 Å². The van der Waals surface area contributed by atoms with Crippen LogP contribution in [-0.2, 0) is 14.4 Å². The summed E-state index contributed by atoms with van der Waals surface area (Å²) in [5.74, 6) is -1.34. The van der Waals surface area contributed by atoms with E-state index in [9.17, 15) is 14.4 Å². The van der Waals surface area contributed by atoms with Gasteiger partial charge in [0.15, 0.2) is 0 Å². The summed E-state index contributed by atoms with van der Waals surface area (Å²) in [6.45, 7) is -0.260. The van der Waals surface area contributed by atoms with Crippen LogP contribution in [-0.4, -0.2) is 59.4 Å². The van der Waals surface area contributed by atoms with Crippen LogP contribution in [0, 0.1) is 0 Å². The highest BCUT2D eigenvalue weighted by Crippen LogP contribution is 2.04. The Morgan fingerprint density at radius 1 is 1.21 bits per heavy atom. The first-order valence-electron chi connectivity index (χ1n) is 4.24. The van der Waals surface area contributed by atoms with Gasteiger partial charge in [0.2, 0.25) is 17.7 Å². The predicted molar refractivity (Wildman–Crippen MR) is 46.1 cm³/mol. The first-order chi connectivity index (χ1) is 6.56. The number of hydrogen-bond acceptors (Lipinski definition) is 4. The molecule has 1 aliphatic rings. The number of imide groups is 1. The standard InChI is InChI=1S/C8H12N2O4/c1-9-6(12)4-7(13)10(2-3-11)5-8(9)14/h11H,2-5H2,1H3. The maximum Gasteiger partial charge on any atom is 0.248 e.